The molecule has 0 saturated heterocycles. The summed E-state index contributed by atoms with van der Waals surface area (Å²) >= 11 is 0. The Hall–Kier alpha value is -3.90. The van der Waals surface area contributed by atoms with E-state index in [9.17, 15) is 9.59 Å². The second-order valence-corrected chi connectivity index (χ2v) is 5.36. The van der Waals surface area contributed by atoms with E-state index in [2.05, 4.69) is 34.3 Å². The summed E-state index contributed by atoms with van der Waals surface area (Å²) in [6.45, 7) is 0.353. The van der Waals surface area contributed by atoms with Crippen molar-refractivity contribution in [1.29, 1.82) is 0 Å². The first-order valence-corrected chi connectivity index (χ1v) is 8.67. The SMILES string of the molecule is O=C(Nc1ccccc1)OCCC#CC#CCCOC(=O)Nc1ccccc1. The number of hydrogen-bond donors (Lipinski definition) is 2. The molecular weight excluding hydrogens is 356 g/mol. The highest BCUT2D eigenvalue weighted by molar-refractivity contribution is 5.84. The smallest absolute Gasteiger partial charge is 0.411 e. The Bertz CT molecular complexity index is 799. The number of rotatable bonds is 6. The van der Waals surface area contributed by atoms with E-state index in [0.29, 0.717) is 24.2 Å². The zero-order valence-electron chi connectivity index (χ0n) is 15.2. The van der Waals surface area contributed by atoms with E-state index >= 15 is 0 Å². The zero-order valence-corrected chi connectivity index (χ0v) is 15.2. The summed E-state index contributed by atoms with van der Waals surface area (Å²) in [5.74, 6) is 10.9. The van der Waals surface area contributed by atoms with E-state index in [1.807, 2.05) is 36.4 Å². The van der Waals surface area contributed by atoms with Gasteiger partial charge in [-0.05, 0) is 36.1 Å². The summed E-state index contributed by atoms with van der Waals surface area (Å²) < 4.78 is 10.0. The normalized spacial score (nSPS) is 9.00. The number of benzene rings is 2. The molecule has 28 heavy (non-hydrogen) atoms. The molecule has 0 atom stereocenters. The quantitative estimate of drug-likeness (QED) is 0.583. The van der Waals surface area contributed by atoms with Gasteiger partial charge in [-0.15, -0.1) is 0 Å². The van der Waals surface area contributed by atoms with Gasteiger partial charge >= 0.3 is 12.2 Å². The standard InChI is InChI=1S/C22H20N2O4/c25-21(23-19-13-7-5-8-14-19)27-17-11-3-1-2-4-12-18-28-22(26)24-20-15-9-6-10-16-20/h5-10,13-16H,11-12,17-18H2,(H,23,25)(H,24,26). The van der Waals surface area contributed by atoms with Gasteiger partial charge in [0.1, 0.15) is 13.2 Å². The van der Waals surface area contributed by atoms with Crippen LogP contribution in [0.2, 0.25) is 0 Å². The minimum Gasteiger partial charge on any atom is -0.448 e. The Morgan fingerprint density at radius 3 is 1.46 bits per heavy atom. The fourth-order valence-electron chi connectivity index (χ4n) is 1.95. The molecule has 0 unspecified atom stereocenters. The molecule has 6 nitrogen and oxygen atoms in total. The Morgan fingerprint density at radius 1 is 0.679 bits per heavy atom. The maximum Gasteiger partial charge on any atom is 0.411 e. The minimum atomic E-state index is -0.523. The number of hydrogen-bond acceptors (Lipinski definition) is 4. The van der Waals surface area contributed by atoms with Gasteiger partial charge in [-0.2, -0.15) is 0 Å². The summed E-state index contributed by atoms with van der Waals surface area (Å²) in [6, 6.07) is 18.1. The highest BCUT2D eigenvalue weighted by Gasteiger charge is 2.01. The zero-order chi connectivity index (χ0) is 19.9. The van der Waals surface area contributed by atoms with Crippen LogP contribution in [0.5, 0.6) is 0 Å². The third kappa shape index (κ3) is 8.98. The fraction of sp³-hybridized carbons (Fsp3) is 0.182. The van der Waals surface area contributed by atoms with Crippen molar-refractivity contribution in [2.24, 2.45) is 0 Å². The van der Waals surface area contributed by atoms with Crippen molar-refractivity contribution >= 4 is 23.6 Å². The molecule has 0 aliphatic rings. The van der Waals surface area contributed by atoms with Gasteiger partial charge in [-0.1, -0.05) is 48.2 Å². The predicted octanol–water partition coefficient (Wildman–Crippen LogP) is 4.27. The van der Waals surface area contributed by atoms with E-state index in [0.717, 1.165) is 0 Å². The van der Waals surface area contributed by atoms with Crippen molar-refractivity contribution in [1.82, 2.24) is 0 Å². The third-order valence-corrected chi connectivity index (χ3v) is 3.20. The van der Waals surface area contributed by atoms with E-state index < -0.39 is 12.2 Å². The lowest BCUT2D eigenvalue weighted by molar-refractivity contribution is 0.163. The lowest BCUT2D eigenvalue weighted by Crippen LogP contribution is -2.14. The van der Waals surface area contributed by atoms with Gasteiger partial charge in [-0.25, -0.2) is 9.59 Å². The molecule has 0 aromatic heterocycles. The Balaban J connectivity index is 1.52. The lowest BCUT2D eigenvalue weighted by Gasteiger charge is -2.04. The lowest BCUT2D eigenvalue weighted by atomic mass is 10.3. The van der Waals surface area contributed by atoms with Crippen LogP contribution in [0.15, 0.2) is 60.7 Å². The predicted molar refractivity (Wildman–Crippen MR) is 108 cm³/mol. The summed E-state index contributed by atoms with van der Waals surface area (Å²) in [4.78, 5) is 23.1. The van der Waals surface area contributed by atoms with Crippen molar-refractivity contribution in [2.75, 3.05) is 23.8 Å². The van der Waals surface area contributed by atoms with Gasteiger partial charge in [0.2, 0.25) is 0 Å². The summed E-state index contributed by atoms with van der Waals surface area (Å²) in [5.41, 5.74) is 1.34. The van der Waals surface area contributed by atoms with E-state index in [-0.39, 0.29) is 13.2 Å². The van der Waals surface area contributed by atoms with Crippen LogP contribution in [-0.4, -0.2) is 25.4 Å². The van der Waals surface area contributed by atoms with E-state index in [1.54, 1.807) is 24.3 Å². The minimum absolute atomic E-state index is 0.177. The van der Waals surface area contributed by atoms with E-state index in [1.165, 1.54) is 0 Å². The Morgan fingerprint density at radius 2 is 1.07 bits per heavy atom. The summed E-state index contributed by atoms with van der Waals surface area (Å²) in [7, 11) is 0. The number of carbonyl (C=O) groups is 2. The van der Waals surface area contributed by atoms with Crippen LogP contribution >= 0.6 is 0 Å². The second kappa shape index (κ2) is 12.5. The molecule has 0 aliphatic heterocycles. The van der Waals surface area contributed by atoms with Gasteiger partial charge in [0.15, 0.2) is 0 Å². The molecule has 6 heteroatoms. The number of para-hydroxylation sites is 2. The van der Waals surface area contributed by atoms with Crippen molar-refractivity contribution in [3.63, 3.8) is 0 Å². The summed E-state index contributed by atoms with van der Waals surface area (Å²) in [6.07, 6.45) is -0.283. The molecule has 0 bridgehead atoms. The molecule has 0 saturated carbocycles. The number of amides is 2. The van der Waals surface area contributed by atoms with Crippen LogP contribution in [-0.2, 0) is 9.47 Å². The van der Waals surface area contributed by atoms with Crippen LogP contribution in [0.25, 0.3) is 0 Å². The van der Waals surface area contributed by atoms with Crippen LogP contribution in [0.3, 0.4) is 0 Å². The van der Waals surface area contributed by atoms with Crippen LogP contribution in [0.4, 0.5) is 21.0 Å². The second-order valence-electron chi connectivity index (χ2n) is 5.36. The molecule has 0 radical (unpaired) electrons. The van der Waals surface area contributed by atoms with Crippen molar-refractivity contribution < 1.29 is 19.1 Å². The van der Waals surface area contributed by atoms with Gasteiger partial charge in [0.05, 0.1) is 0 Å². The van der Waals surface area contributed by atoms with Crippen molar-refractivity contribution in [3.8, 4) is 23.7 Å². The fourth-order valence-corrected chi connectivity index (χ4v) is 1.95. The van der Waals surface area contributed by atoms with Crippen molar-refractivity contribution in [2.45, 2.75) is 12.8 Å². The largest absolute Gasteiger partial charge is 0.448 e. The number of carbonyl (C=O) groups excluding carboxylic acids is 2. The number of nitrogens with one attached hydrogen (secondary N) is 2. The molecule has 2 N–H and O–H groups in total. The highest BCUT2D eigenvalue weighted by atomic mass is 16.6. The summed E-state index contributed by atoms with van der Waals surface area (Å²) in [5, 5.41) is 5.22. The van der Waals surface area contributed by atoms with Gasteiger partial charge < -0.3 is 9.47 Å². The highest BCUT2D eigenvalue weighted by Crippen LogP contribution is 2.06. The van der Waals surface area contributed by atoms with Gasteiger partial charge in [0, 0.05) is 24.2 Å². The number of ether oxygens (including phenoxy) is 2. The van der Waals surface area contributed by atoms with Gasteiger partial charge in [0.25, 0.3) is 0 Å². The average Bonchev–Trinajstić information content (AvgIpc) is 2.71. The first-order valence-electron chi connectivity index (χ1n) is 8.67. The third-order valence-electron chi connectivity index (χ3n) is 3.20. The van der Waals surface area contributed by atoms with Crippen LogP contribution in [0.1, 0.15) is 12.8 Å². The topological polar surface area (TPSA) is 76.7 Å². The first kappa shape index (κ1) is 20.4. The molecule has 0 spiro atoms. The molecule has 0 aliphatic carbocycles. The van der Waals surface area contributed by atoms with E-state index in [4.69, 9.17) is 9.47 Å². The number of anilines is 2. The molecule has 2 aromatic rings. The average molecular weight is 376 g/mol. The molecule has 142 valence electrons. The molecular formula is C22H20N2O4. The molecule has 2 aromatic carbocycles. The molecule has 0 heterocycles. The van der Waals surface area contributed by atoms with Crippen LogP contribution < -0.4 is 10.6 Å². The molecule has 0 fully saturated rings. The first-order chi connectivity index (χ1) is 13.7. The maximum atomic E-state index is 11.5. The van der Waals surface area contributed by atoms with Crippen LogP contribution in [0, 0.1) is 23.7 Å². The Labute approximate surface area is 164 Å². The maximum absolute atomic E-state index is 11.5. The molecule has 2 rings (SSSR count). The molecule has 2 amide bonds. The Kier molecular flexibility index (Phi) is 9.08. The van der Waals surface area contributed by atoms with Crippen molar-refractivity contribution in [3.05, 3.63) is 60.7 Å². The van der Waals surface area contributed by atoms with Gasteiger partial charge in [-0.3, -0.25) is 10.6 Å². The monoisotopic (exact) mass is 376 g/mol.